The van der Waals surface area contributed by atoms with Crippen molar-refractivity contribution in [3.63, 3.8) is 0 Å². The van der Waals surface area contributed by atoms with E-state index >= 15 is 0 Å². The van der Waals surface area contributed by atoms with E-state index in [2.05, 4.69) is 5.16 Å². The average molecular weight is 314 g/mol. The van der Waals surface area contributed by atoms with Gasteiger partial charge in [-0.2, -0.15) is 0 Å². The van der Waals surface area contributed by atoms with E-state index in [-0.39, 0.29) is 11.4 Å². The Bertz CT molecular complexity index is 584. The van der Waals surface area contributed by atoms with Gasteiger partial charge in [-0.1, -0.05) is 23.7 Å². The molecule has 1 aromatic carbocycles. The predicted octanol–water partition coefficient (Wildman–Crippen LogP) is 2.47. The molecule has 0 radical (unpaired) electrons. The predicted molar refractivity (Wildman–Crippen MR) is 78.1 cm³/mol. The van der Waals surface area contributed by atoms with E-state index in [0.717, 1.165) is 0 Å². The van der Waals surface area contributed by atoms with Crippen molar-refractivity contribution in [3.8, 4) is 0 Å². The van der Waals surface area contributed by atoms with Gasteiger partial charge in [0.1, 0.15) is 11.7 Å². The standard InChI is InChI=1S/C14H17ClFN3O2/c1-14(13(17)18-21)4-6-19(7-5-14)12(20)10-8-9(15)2-3-11(10)16/h2-3,8,21H,4-7H2,1H3,(H2,17,18). The highest BCUT2D eigenvalue weighted by Gasteiger charge is 2.36. The van der Waals surface area contributed by atoms with Gasteiger partial charge in [-0.15, -0.1) is 0 Å². The quantitative estimate of drug-likeness (QED) is 0.381. The molecule has 0 bridgehead atoms. The number of benzene rings is 1. The van der Waals surface area contributed by atoms with Crippen molar-refractivity contribution >= 4 is 23.3 Å². The number of carbonyl (C=O) groups is 1. The van der Waals surface area contributed by atoms with Crippen molar-refractivity contribution in [1.29, 1.82) is 0 Å². The molecule has 114 valence electrons. The van der Waals surface area contributed by atoms with Gasteiger partial charge in [0, 0.05) is 23.5 Å². The summed E-state index contributed by atoms with van der Waals surface area (Å²) in [4.78, 5) is 13.9. The molecule has 0 atom stereocenters. The molecule has 1 heterocycles. The van der Waals surface area contributed by atoms with Crippen molar-refractivity contribution < 1.29 is 14.4 Å². The number of nitrogens with zero attached hydrogens (tertiary/aromatic N) is 2. The zero-order valence-corrected chi connectivity index (χ0v) is 12.4. The second-order valence-electron chi connectivity index (χ2n) is 5.46. The average Bonchev–Trinajstić information content (AvgIpc) is 2.49. The van der Waals surface area contributed by atoms with E-state index in [0.29, 0.717) is 31.0 Å². The van der Waals surface area contributed by atoms with E-state index in [1.807, 2.05) is 6.92 Å². The zero-order chi connectivity index (χ0) is 15.6. The SMILES string of the molecule is CC1(/C(N)=N/O)CCN(C(=O)c2cc(Cl)ccc2F)CC1. The summed E-state index contributed by atoms with van der Waals surface area (Å²) in [5, 5.41) is 12.2. The number of piperidine rings is 1. The van der Waals surface area contributed by atoms with E-state index in [1.165, 1.54) is 18.2 Å². The fraction of sp³-hybridized carbons (Fsp3) is 0.429. The van der Waals surface area contributed by atoms with Crippen LogP contribution in [-0.2, 0) is 0 Å². The van der Waals surface area contributed by atoms with Crippen LogP contribution in [0.15, 0.2) is 23.4 Å². The highest BCUT2D eigenvalue weighted by atomic mass is 35.5. The molecule has 1 fully saturated rings. The fourth-order valence-corrected chi connectivity index (χ4v) is 2.58. The number of carbonyl (C=O) groups excluding carboxylic acids is 1. The Labute approximate surface area is 127 Å². The minimum atomic E-state index is -0.589. The van der Waals surface area contributed by atoms with Crippen LogP contribution in [0.5, 0.6) is 0 Å². The third-order valence-corrected chi connectivity index (χ3v) is 4.27. The summed E-state index contributed by atoms with van der Waals surface area (Å²) >= 11 is 5.81. The molecule has 21 heavy (non-hydrogen) atoms. The molecule has 2 rings (SSSR count). The first-order valence-electron chi connectivity index (χ1n) is 6.60. The Morgan fingerprint density at radius 1 is 1.48 bits per heavy atom. The third-order valence-electron chi connectivity index (χ3n) is 4.04. The lowest BCUT2D eigenvalue weighted by Crippen LogP contribution is -2.47. The largest absolute Gasteiger partial charge is 0.409 e. The highest BCUT2D eigenvalue weighted by Crippen LogP contribution is 2.32. The second kappa shape index (κ2) is 5.89. The Morgan fingerprint density at radius 3 is 2.67 bits per heavy atom. The molecule has 0 spiro atoms. The van der Waals surface area contributed by atoms with Crippen LogP contribution < -0.4 is 5.73 Å². The molecule has 5 nitrogen and oxygen atoms in total. The van der Waals surface area contributed by atoms with Gasteiger partial charge in [-0.3, -0.25) is 4.79 Å². The second-order valence-corrected chi connectivity index (χ2v) is 5.90. The summed E-state index contributed by atoms with van der Waals surface area (Å²) in [5.74, 6) is -0.825. The maximum atomic E-state index is 13.7. The maximum absolute atomic E-state index is 13.7. The molecule has 0 aromatic heterocycles. The van der Waals surface area contributed by atoms with E-state index in [9.17, 15) is 9.18 Å². The van der Waals surface area contributed by atoms with Gasteiger partial charge in [0.2, 0.25) is 0 Å². The van der Waals surface area contributed by atoms with Crippen LogP contribution in [0.4, 0.5) is 4.39 Å². The molecule has 3 N–H and O–H groups in total. The topological polar surface area (TPSA) is 78.9 Å². The lowest BCUT2D eigenvalue weighted by Gasteiger charge is -2.38. The van der Waals surface area contributed by atoms with E-state index in [1.54, 1.807) is 4.90 Å². The van der Waals surface area contributed by atoms with Crippen LogP contribution in [0.2, 0.25) is 5.02 Å². The number of rotatable bonds is 2. The van der Waals surface area contributed by atoms with Crippen molar-refractivity contribution in [1.82, 2.24) is 4.90 Å². The molecule has 7 heteroatoms. The lowest BCUT2D eigenvalue weighted by atomic mass is 9.79. The number of oxime groups is 1. The molecule has 1 aliphatic heterocycles. The van der Waals surface area contributed by atoms with Crippen LogP contribution in [0.25, 0.3) is 0 Å². The molecule has 0 saturated carbocycles. The lowest BCUT2D eigenvalue weighted by molar-refractivity contribution is 0.0662. The van der Waals surface area contributed by atoms with Crippen molar-refractivity contribution in [2.45, 2.75) is 19.8 Å². The monoisotopic (exact) mass is 313 g/mol. The molecule has 1 amide bonds. The van der Waals surface area contributed by atoms with Gasteiger partial charge in [0.05, 0.1) is 5.56 Å². The van der Waals surface area contributed by atoms with Crippen molar-refractivity contribution in [3.05, 3.63) is 34.6 Å². The van der Waals surface area contributed by atoms with Crippen LogP contribution in [0, 0.1) is 11.2 Å². The Hall–Kier alpha value is -1.82. The molecule has 1 aliphatic rings. The van der Waals surface area contributed by atoms with Gasteiger partial charge in [-0.25, -0.2) is 4.39 Å². The highest BCUT2D eigenvalue weighted by molar-refractivity contribution is 6.31. The minimum Gasteiger partial charge on any atom is -0.409 e. The summed E-state index contributed by atoms with van der Waals surface area (Å²) in [6.07, 6.45) is 1.10. The zero-order valence-electron chi connectivity index (χ0n) is 11.6. The number of likely N-dealkylation sites (tertiary alicyclic amines) is 1. The fourth-order valence-electron chi connectivity index (χ4n) is 2.41. The number of amides is 1. The summed E-state index contributed by atoms with van der Waals surface area (Å²) in [6, 6.07) is 3.91. The van der Waals surface area contributed by atoms with Crippen molar-refractivity contribution in [2.24, 2.45) is 16.3 Å². The number of nitrogens with two attached hydrogens (primary N) is 1. The van der Waals surface area contributed by atoms with Crippen LogP contribution in [0.3, 0.4) is 0 Å². The van der Waals surface area contributed by atoms with Gasteiger partial charge in [0.15, 0.2) is 0 Å². The van der Waals surface area contributed by atoms with Gasteiger partial charge < -0.3 is 15.8 Å². The molecular formula is C14H17ClFN3O2. The number of hydrogen-bond donors (Lipinski definition) is 2. The van der Waals surface area contributed by atoms with E-state index < -0.39 is 17.1 Å². The first-order valence-corrected chi connectivity index (χ1v) is 6.97. The maximum Gasteiger partial charge on any atom is 0.256 e. The Morgan fingerprint density at radius 2 is 2.10 bits per heavy atom. The molecule has 1 saturated heterocycles. The first-order chi connectivity index (χ1) is 9.87. The van der Waals surface area contributed by atoms with Gasteiger partial charge >= 0.3 is 0 Å². The molecular weight excluding hydrogens is 297 g/mol. The molecule has 1 aromatic rings. The third kappa shape index (κ3) is 3.10. The molecule has 0 aliphatic carbocycles. The number of hydrogen-bond acceptors (Lipinski definition) is 3. The summed E-state index contributed by atoms with van der Waals surface area (Å²) in [7, 11) is 0. The first kappa shape index (κ1) is 15.6. The number of halogens is 2. The normalized spacial score (nSPS) is 18.6. The van der Waals surface area contributed by atoms with Crippen LogP contribution >= 0.6 is 11.6 Å². The summed E-state index contributed by atoms with van der Waals surface area (Å²) in [5.41, 5.74) is 5.20. The van der Waals surface area contributed by atoms with Gasteiger partial charge in [0.25, 0.3) is 5.91 Å². The summed E-state index contributed by atoms with van der Waals surface area (Å²) in [6.45, 7) is 2.71. The van der Waals surface area contributed by atoms with Crippen LogP contribution in [0.1, 0.15) is 30.1 Å². The van der Waals surface area contributed by atoms with Gasteiger partial charge in [-0.05, 0) is 31.0 Å². The Balaban J connectivity index is 2.12. The molecule has 0 unspecified atom stereocenters. The summed E-state index contributed by atoms with van der Waals surface area (Å²) < 4.78 is 13.7. The van der Waals surface area contributed by atoms with Crippen LogP contribution in [-0.4, -0.2) is 34.9 Å². The van der Waals surface area contributed by atoms with Crippen molar-refractivity contribution in [2.75, 3.05) is 13.1 Å². The smallest absolute Gasteiger partial charge is 0.256 e. The number of amidine groups is 1. The Kier molecular flexibility index (Phi) is 4.37. The van der Waals surface area contributed by atoms with E-state index in [4.69, 9.17) is 22.5 Å². The minimum absolute atomic E-state index is 0.0325.